The lowest BCUT2D eigenvalue weighted by Crippen LogP contribution is -2.27. The average Bonchev–Trinajstić information content (AvgIpc) is 3.32. The number of nitrogens with one attached hydrogen (secondary N) is 2. The van der Waals surface area contributed by atoms with E-state index in [1.54, 1.807) is 25.6 Å². The fraction of sp³-hybridized carbons (Fsp3) is 0.227. The molecule has 7 nitrogen and oxygen atoms in total. The molecule has 0 aliphatic carbocycles. The molecule has 0 fully saturated rings. The molecule has 3 aromatic rings. The molecular weight excluding hydrogens is 427 g/mol. The number of hydrogen-bond donors (Lipinski definition) is 3. The number of rotatable bonds is 6. The molecule has 0 aliphatic heterocycles. The minimum Gasteiger partial charge on any atom is -0.496 e. The largest absolute Gasteiger partial charge is 0.496 e. The third-order valence-corrected chi connectivity index (χ3v) is 4.46. The number of aromatic nitrogens is 2. The molecule has 0 bridgehead atoms. The van der Waals surface area contributed by atoms with Crippen LogP contribution in [0.5, 0.6) is 5.75 Å². The van der Waals surface area contributed by atoms with Gasteiger partial charge in [0.2, 0.25) is 0 Å². The maximum atomic E-state index is 12.5. The van der Waals surface area contributed by atoms with E-state index >= 15 is 0 Å². The minimum absolute atomic E-state index is 0.140. The number of H-pyrrole nitrogens is 1. The Kier molecular flexibility index (Phi) is 8.39. The van der Waals surface area contributed by atoms with E-state index in [0.717, 1.165) is 11.1 Å². The molecule has 1 aromatic heterocycles. The number of alkyl halides is 3. The number of ether oxygens (including phenoxy) is 1. The number of nitrogens with zero attached hydrogens (tertiary/aromatic N) is 1. The number of hydrogen-bond acceptors (Lipinski definition) is 4. The Morgan fingerprint density at radius 2 is 1.81 bits per heavy atom. The Labute approximate surface area is 182 Å². The zero-order valence-corrected chi connectivity index (χ0v) is 17.3. The number of carboxylic acid groups (broad SMARTS) is 1. The number of methoxy groups -OCH3 is 1. The summed E-state index contributed by atoms with van der Waals surface area (Å²) in [5.41, 5.74) is 3.61. The van der Waals surface area contributed by atoms with Gasteiger partial charge < -0.3 is 15.2 Å². The summed E-state index contributed by atoms with van der Waals surface area (Å²) in [7, 11) is 1.57. The first kappa shape index (κ1) is 24.4. The van der Waals surface area contributed by atoms with Gasteiger partial charge in [0.15, 0.2) is 0 Å². The van der Waals surface area contributed by atoms with Crippen LogP contribution in [0.3, 0.4) is 0 Å². The van der Waals surface area contributed by atoms with Crippen molar-refractivity contribution in [2.24, 2.45) is 0 Å². The quantitative estimate of drug-likeness (QED) is 0.522. The molecule has 1 atom stereocenters. The van der Waals surface area contributed by atoms with Gasteiger partial charge in [0, 0.05) is 18.3 Å². The van der Waals surface area contributed by atoms with Gasteiger partial charge in [-0.15, -0.1) is 0 Å². The first-order valence-electron chi connectivity index (χ1n) is 9.44. The van der Waals surface area contributed by atoms with E-state index in [1.807, 2.05) is 30.3 Å². The predicted molar refractivity (Wildman–Crippen MR) is 111 cm³/mol. The lowest BCUT2D eigenvalue weighted by atomic mass is 10.0. The molecule has 0 aliphatic rings. The van der Waals surface area contributed by atoms with E-state index in [4.69, 9.17) is 14.6 Å². The number of benzene rings is 2. The summed E-state index contributed by atoms with van der Waals surface area (Å²) in [6.07, 6.45) is -1.55. The number of halogens is 3. The van der Waals surface area contributed by atoms with Gasteiger partial charge in [0.1, 0.15) is 5.75 Å². The van der Waals surface area contributed by atoms with Crippen molar-refractivity contribution in [3.05, 3.63) is 72.1 Å². The Balaban J connectivity index is 0.000000451. The number of carbonyl (C=O) groups is 2. The zero-order valence-electron chi connectivity index (χ0n) is 17.3. The second kappa shape index (κ2) is 11.0. The van der Waals surface area contributed by atoms with Crippen molar-refractivity contribution in [3.8, 4) is 16.9 Å². The maximum absolute atomic E-state index is 12.5. The molecule has 1 unspecified atom stereocenters. The van der Waals surface area contributed by atoms with Gasteiger partial charge in [-0.05, 0) is 29.2 Å². The normalized spacial score (nSPS) is 11.7. The highest BCUT2D eigenvalue weighted by molar-refractivity contribution is 5.97. The zero-order chi connectivity index (χ0) is 23.7. The van der Waals surface area contributed by atoms with Crippen molar-refractivity contribution < 1.29 is 32.6 Å². The van der Waals surface area contributed by atoms with Crippen molar-refractivity contribution >= 4 is 11.9 Å². The van der Waals surface area contributed by atoms with Crippen molar-refractivity contribution in [3.63, 3.8) is 0 Å². The maximum Gasteiger partial charge on any atom is 0.490 e. The first-order chi connectivity index (χ1) is 15.1. The number of amides is 1. The van der Waals surface area contributed by atoms with Gasteiger partial charge in [-0.1, -0.05) is 43.3 Å². The third-order valence-electron chi connectivity index (χ3n) is 4.46. The van der Waals surface area contributed by atoms with Gasteiger partial charge in [-0.25, -0.2) is 4.79 Å². The fourth-order valence-electron chi connectivity index (χ4n) is 2.71. The molecule has 170 valence electrons. The molecule has 0 saturated carbocycles. The van der Waals surface area contributed by atoms with Crippen LogP contribution in [0.2, 0.25) is 0 Å². The van der Waals surface area contributed by atoms with Crippen molar-refractivity contribution in [1.82, 2.24) is 15.5 Å². The van der Waals surface area contributed by atoms with Crippen molar-refractivity contribution in [1.29, 1.82) is 0 Å². The van der Waals surface area contributed by atoms with E-state index in [1.165, 1.54) is 5.56 Å². The van der Waals surface area contributed by atoms with Gasteiger partial charge in [0.05, 0.1) is 18.9 Å². The molecule has 32 heavy (non-hydrogen) atoms. The smallest absolute Gasteiger partial charge is 0.490 e. The van der Waals surface area contributed by atoms with Gasteiger partial charge in [0.25, 0.3) is 5.91 Å². The second-order valence-electron chi connectivity index (χ2n) is 6.73. The van der Waals surface area contributed by atoms with E-state index in [9.17, 15) is 18.0 Å². The van der Waals surface area contributed by atoms with Gasteiger partial charge >= 0.3 is 12.1 Å². The summed E-state index contributed by atoms with van der Waals surface area (Å²) in [5, 5.41) is 16.8. The van der Waals surface area contributed by atoms with E-state index in [0.29, 0.717) is 17.9 Å². The Morgan fingerprint density at radius 3 is 2.34 bits per heavy atom. The lowest BCUT2D eigenvalue weighted by Gasteiger charge is -2.15. The number of aliphatic carboxylic acids is 1. The molecule has 3 N–H and O–H groups in total. The standard InChI is InChI=1S/C20H21N3O2.C2HF3O2/c1-14(15-6-4-3-5-7-15)11-21-20(24)18-9-8-16(10-19(18)25-2)17-12-22-23-13-17;3-2(4,5)1(6)7/h3-10,12-14H,11H2,1-2H3,(H,21,24)(H,22,23);(H,6,7). The Bertz CT molecular complexity index is 1020. The Hall–Kier alpha value is -3.82. The van der Waals surface area contributed by atoms with Crippen LogP contribution in [-0.2, 0) is 4.79 Å². The van der Waals surface area contributed by atoms with Crippen molar-refractivity contribution in [2.75, 3.05) is 13.7 Å². The van der Waals surface area contributed by atoms with Crippen LogP contribution in [0.25, 0.3) is 11.1 Å². The first-order valence-corrected chi connectivity index (χ1v) is 9.44. The summed E-state index contributed by atoms with van der Waals surface area (Å²) in [5.74, 6) is -2.12. The van der Waals surface area contributed by atoms with Crippen LogP contribution in [0, 0.1) is 0 Å². The summed E-state index contributed by atoms with van der Waals surface area (Å²) in [6, 6.07) is 15.7. The van der Waals surface area contributed by atoms with Crippen molar-refractivity contribution in [2.45, 2.75) is 19.0 Å². The molecule has 3 rings (SSSR count). The number of aromatic amines is 1. The summed E-state index contributed by atoms with van der Waals surface area (Å²) in [4.78, 5) is 21.4. The van der Waals surface area contributed by atoms with E-state index in [-0.39, 0.29) is 11.8 Å². The molecule has 1 amide bonds. The van der Waals surface area contributed by atoms with Crippen LogP contribution in [0.4, 0.5) is 13.2 Å². The summed E-state index contributed by atoms with van der Waals surface area (Å²) >= 11 is 0. The lowest BCUT2D eigenvalue weighted by molar-refractivity contribution is -0.192. The van der Waals surface area contributed by atoms with Crippen LogP contribution in [0.15, 0.2) is 60.9 Å². The monoisotopic (exact) mass is 449 g/mol. The highest BCUT2D eigenvalue weighted by atomic mass is 19.4. The average molecular weight is 449 g/mol. The van der Waals surface area contributed by atoms with E-state index in [2.05, 4.69) is 34.6 Å². The summed E-state index contributed by atoms with van der Waals surface area (Å²) in [6.45, 7) is 2.66. The highest BCUT2D eigenvalue weighted by Crippen LogP contribution is 2.27. The molecular formula is C22H22F3N3O4. The topological polar surface area (TPSA) is 104 Å². The molecule has 0 saturated heterocycles. The Morgan fingerprint density at radius 1 is 1.16 bits per heavy atom. The number of carboxylic acids is 1. The van der Waals surface area contributed by atoms with Crippen LogP contribution < -0.4 is 10.1 Å². The molecule has 1 heterocycles. The van der Waals surface area contributed by atoms with E-state index < -0.39 is 12.1 Å². The summed E-state index contributed by atoms with van der Waals surface area (Å²) < 4.78 is 37.1. The molecule has 2 aromatic carbocycles. The van der Waals surface area contributed by atoms with Crippen LogP contribution >= 0.6 is 0 Å². The van der Waals surface area contributed by atoms with Crippen LogP contribution in [-0.4, -0.2) is 47.0 Å². The SMILES string of the molecule is COc1cc(-c2cn[nH]c2)ccc1C(=O)NCC(C)c1ccccc1.O=C(O)C(F)(F)F. The highest BCUT2D eigenvalue weighted by Gasteiger charge is 2.38. The molecule has 0 radical (unpaired) electrons. The molecule has 10 heteroatoms. The third kappa shape index (κ3) is 6.86. The second-order valence-corrected chi connectivity index (χ2v) is 6.73. The molecule has 0 spiro atoms. The predicted octanol–water partition coefficient (Wildman–Crippen LogP) is 4.25. The van der Waals surface area contributed by atoms with Gasteiger partial charge in [-0.2, -0.15) is 18.3 Å². The minimum atomic E-state index is -5.08. The van der Waals surface area contributed by atoms with Crippen LogP contribution in [0.1, 0.15) is 28.8 Å². The number of carbonyl (C=O) groups excluding carboxylic acids is 1. The van der Waals surface area contributed by atoms with Gasteiger partial charge in [-0.3, -0.25) is 9.89 Å². The fourth-order valence-corrected chi connectivity index (χ4v) is 2.71.